The fourth-order valence-electron chi connectivity index (χ4n) is 2.53. The summed E-state index contributed by atoms with van der Waals surface area (Å²) < 4.78 is 0. The molecular weight excluding hydrogens is 242 g/mol. The molecule has 0 aromatic carbocycles. The maximum absolute atomic E-state index is 12.1. The van der Waals surface area contributed by atoms with E-state index in [4.69, 9.17) is 5.73 Å². The van der Waals surface area contributed by atoms with Crippen LogP contribution in [-0.2, 0) is 4.79 Å². The van der Waals surface area contributed by atoms with E-state index < -0.39 is 0 Å². The summed E-state index contributed by atoms with van der Waals surface area (Å²) in [5, 5.41) is 3.06. The van der Waals surface area contributed by atoms with Crippen molar-refractivity contribution >= 4 is 11.9 Å². The van der Waals surface area contributed by atoms with Crippen LogP contribution in [0.15, 0.2) is 4.99 Å². The number of aliphatic imine (C=N–C) groups is 1. The van der Waals surface area contributed by atoms with Crippen LogP contribution in [0.25, 0.3) is 0 Å². The van der Waals surface area contributed by atoms with E-state index in [9.17, 15) is 4.79 Å². The van der Waals surface area contributed by atoms with Crippen molar-refractivity contribution in [2.24, 2.45) is 16.6 Å². The Bertz CT molecular complexity index is 332. The number of piperazine rings is 1. The van der Waals surface area contributed by atoms with Gasteiger partial charge >= 0.3 is 0 Å². The van der Waals surface area contributed by atoms with Crippen LogP contribution in [0.1, 0.15) is 19.3 Å². The summed E-state index contributed by atoms with van der Waals surface area (Å²) in [4.78, 5) is 20.3. The number of hydrogen-bond donors (Lipinski definition) is 2. The number of carbonyl (C=O) groups is 1. The third-order valence-electron chi connectivity index (χ3n) is 4.11. The molecule has 0 aromatic rings. The van der Waals surface area contributed by atoms with Gasteiger partial charge in [0.15, 0.2) is 5.96 Å². The third kappa shape index (κ3) is 3.83. The van der Waals surface area contributed by atoms with Crippen molar-refractivity contribution in [3.63, 3.8) is 0 Å². The molecule has 1 aliphatic carbocycles. The minimum atomic E-state index is 0.328. The number of nitrogens with two attached hydrogens (primary N) is 1. The Hall–Kier alpha value is -1.30. The number of carbonyl (C=O) groups excluding carboxylic acids is 1. The van der Waals surface area contributed by atoms with Gasteiger partial charge in [-0.05, 0) is 12.8 Å². The van der Waals surface area contributed by atoms with Crippen molar-refractivity contribution in [1.29, 1.82) is 0 Å². The summed E-state index contributed by atoms with van der Waals surface area (Å²) in [6, 6.07) is 0. The Morgan fingerprint density at radius 2 is 2.00 bits per heavy atom. The largest absolute Gasteiger partial charge is 0.370 e. The normalized spacial score (nSPS) is 22.2. The van der Waals surface area contributed by atoms with E-state index in [0.717, 1.165) is 52.1 Å². The molecule has 1 amide bonds. The lowest BCUT2D eigenvalue weighted by Gasteiger charge is -2.38. The highest BCUT2D eigenvalue weighted by molar-refractivity contribution is 5.79. The van der Waals surface area contributed by atoms with Gasteiger partial charge in [-0.1, -0.05) is 6.42 Å². The molecule has 1 aliphatic heterocycles. The van der Waals surface area contributed by atoms with Crippen LogP contribution in [0.2, 0.25) is 0 Å². The Kier molecular flexibility index (Phi) is 5.01. The lowest BCUT2D eigenvalue weighted by atomic mass is 9.84. The quantitative estimate of drug-likeness (QED) is 0.530. The van der Waals surface area contributed by atoms with Crippen LogP contribution in [0.4, 0.5) is 0 Å². The molecular formula is C13H25N5O. The van der Waals surface area contributed by atoms with Gasteiger partial charge in [-0.2, -0.15) is 0 Å². The number of nitrogens with zero attached hydrogens (tertiary/aromatic N) is 3. The lowest BCUT2D eigenvalue weighted by molar-refractivity contribution is -0.139. The molecule has 6 nitrogen and oxygen atoms in total. The van der Waals surface area contributed by atoms with Gasteiger partial charge in [0, 0.05) is 52.2 Å². The minimum absolute atomic E-state index is 0.328. The van der Waals surface area contributed by atoms with Gasteiger partial charge in [0.25, 0.3) is 0 Å². The summed E-state index contributed by atoms with van der Waals surface area (Å²) in [7, 11) is 1.67. The van der Waals surface area contributed by atoms with Crippen molar-refractivity contribution in [2.45, 2.75) is 19.3 Å². The van der Waals surface area contributed by atoms with Gasteiger partial charge in [0.05, 0.1) is 0 Å². The van der Waals surface area contributed by atoms with Crippen LogP contribution in [0.3, 0.4) is 0 Å². The molecule has 0 unspecified atom stereocenters. The Morgan fingerprint density at radius 3 is 2.53 bits per heavy atom. The average Bonchev–Trinajstić information content (AvgIpc) is 2.37. The maximum Gasteiger partial charge on any atom is 0.225 e. The van der Waals surface area contributed by atoms with E-state index in [1.807, 2.05) is 4.90 Å². The predicted molar refractivity (Wildman–Crippen MR) is 75.9 cm³/mol. The highest BCUT2D eigenvalue weighted by Gasteiger charge is 2.30. The molecule has 0 aromatic heterocycles. The monoisotopic (exact) mass is 267 g/mol. The summed E-state index contributed by atoms with van der Waals surface area (Å²) in [6.07, 6.45) is 3.42. The van der Waals surface area contributed by atoms with Crippen LogP contribution in [0.5, 0.6) is 0 Å². The highest BCUT2D eigenvalue weighted by atomic mass is 16.2. The zero-order valence-electron chi connectivity index (χ0n) is 11.8. The second-order valence-electron chi connectivity index (χ2n) is 5.33. The standard InChI is InChI=1S/C13H25N5O/c1-15-13(14)16-5-6-17-7-9-18(10-8-17)12(19)11-3-2-4-11/h11H,2-10H2,1H3,(H3,14,15,16). The average molecular weight is 267 g/mol. The summed E-state index contributed by atoms with van der Waals surface area (Å²) >= 11 is 0. The topological polar surface area (TPSA) is 74.0 Å². The van der Waals surface area contributed by atoms with Gasteiger partial charge in [0.2, 0.25) is 5.91 Å². The molecule has 1 heterocycles. The van der Waals surface area contributed by atoms with E-state index in [0.29, 0.717) is 17.8 Å². The van der Waals surface area contributed by atoms with Crippen molar-refractivity contribution in [1.82, 2.24) is 15.1 Å². The molecule has 19 heavy (non-hydrogen) atoms. The van der Waals surface area contributed by atoms with E-state index in [2.05, 4.69) is 15.2 Å². The third-order valence-corrected chi connectivity index (χ3v) is 4.11. The molecule has 2 fully saturated rings. The maximum atomic E-state index is 12.1. The second-order valence-corrected chi connectivity index (χ2v) is 5.33. The molecule has 2 aliphatic rings. The smallest absolute Gasteiger partial charge is 0.225 e. The van der Waals surface area contributed by atoms with E-state index in [-0.39, 0.29) is 0 Å². The van der Waals surface area contributed by atoms with Gasteiger partial charge in [-0.25, -0.2) is 0 Å². The van der Waals surface area contributed by atoms with Crippen LogP contribution in [0, 0.1) is 5.92 Å². The zero-order chi connectivity index (χ0) is 13.7. The molecule has 2 rings (SSSR count). The van der Waals surface area contributed by atoms with Crippen LogP contribution >= 0.6 is 0 Å². The minimum Gasteiger partial charge on any atom is -0.370 e. The Balaban J connectivity index is 1.63. The van der Waals surface area contributed by atoms with Crippen molar-refractivity contribution < 1.29 is 4.79 Å². The zero-order valence-corrected chi connectivity index (χ0v) is 11.8. The number of nitrogens with one attached hydrogen (secondary N) is 1. The molecule has 1 saturated carbocycles. The first-order valence-corrected chi connectivity index (χ1v) is 7.18. The molecule has 3 N–H and O–H groups in total. The molecule has 0 bridgehead atoms. The number of rotatable bonds is 4. The number of hydrogen-bond acceptors (Lipinski definition) is 3. The van der Waals surface area contributed by atoms with E-state index in [1.54, 1.807) is 7.05 Å². The van der Waals surface area contributed by atoms with Gasteiger partial charge < -0.3 is 16.0 Å². The Morgan fingerprint density at radius 1 is 1.32 bits per heavy atom. The molecule has 6 heteroatoms. The van der Waals surface area contributed by atoms with E-state index in [1.165, 1.54) is 6.42 Å². The summed E-state index contributed by atoms with van der Waals surface area (Å²) in [6.45, 7) is 5.41. The van der Waals surface area contributed by atoms with Crippen molar-refractivity contribution in [3.8, 4) is 0 Å². The van der Waals surface area contributed by atoms with Crippen LogP contribution in [-0.4, -0.2) is 68.0 Å². The van der Waals surface area contributed by atoms with Gasteiger partial charge in [-0.15, -0.1) is 0 Å². The van der Waals surface area contributed by atoms with Gasteiger partial charge in [0.1, 0.15) is 0 Å². The summed E-state index contributed by atoms with van der Waals surface area (Å²) in [5.41, 5.74) is 5.57. The first-order chi connectivity index (χ1) is 9.20. The molecule has 1 saturated heterocycles. The first-order valence-electron chi connectivity index (χ1n) is 7.18. The molecule has 108 valence electrons. The second kappa shape index (κ2) is 6.75. The first kappa shape index (κ1) is 14.1. The molecule has 0 spiro atoms. The predicted octanol–water partition coefficient (Wildman–Crippen LogP) is -0.535. The summed E-state index contributed by atoms with van der Waals surface area (Å²) in [5.74, 6) is 1.19. The fourth-order valence-corrected chi connectivity index (χ4v) is 2.53. The molecule has 0 radical (unpaired) electrons. The van der Waals surface area contributed by atoms with Crippen molar-refractivity contribution in [2.75, 3.05) is 46.3 Å². The number of amides is 1. The van der Waals surface area contributed by atoms with Crippen molar-refractivity contribution in [3.05, 3.63) is 0 Å². The Labute approximate surface area is 115 Å². The molecule has 0 atom stereocenters. The SMILES string of the molecule is CN=C(N)NCCN1CCN(C(=O)C2CCC2)CC1. The van der Waals surface area contributed by atoms with Crippen LogP contribution < -0.4 is 11.1 Å². The van der Waals surface area contributed by atoms with E-state index >= 15 is 0 Å². The van der Waals surface area contributed by atoms with Gasteiger partial charge in [-0.3, -0.25) is 14.7 Å². The highest BCUT2D eigenvalue weighted by Crippen LogP contribution is 2.28. The number of guanidine groups is 1. The fraction of sp³-hybridized carbons (Fsp3) is 0.846. The lowest BCUT2D eigenvalue weighted by Crippen LogP contribution is -2.52.